The number of allylic oxidation sites excluding steroid dienone is 2. The predicted octanol–water partition coefficient (Wildman–Crippen LogP) is 7.25. The third-order valence-electron chi connectivity index (χ3n) is 6.09. The first-order valence-corrected chi connectivity index (χ1v) is 13.1. The molecule has 0 bridgehead atoms. The number of nitriles is 1. The molecule has 8 nitrogen and oxygen atoms in total. The number of fused-ring (bicyclic) bond motifs is 1. The SMILES string of the molecule is CC(C)=C(/C(Nc1ccc(Oc2ccccc2)cc1)=C(\C)CC#N)N(N)/C=C/C(=O)Nc1cnc2ccccc2c1. The van der Waals surface area contributed by atoms with Crippen molar-refractivity contribution in [1.29, 1.82) is 5.26 Å². The topological polar surface area (TPSA) is 116 Å². The van der Waals surface area contributed by atoms with Crippen LogP contribution in [0.25, 0.3) is 10.9 Å². The first-order valence-electron chi connectivity index (χ1n) is 13.1. The van der Waals surface area contributed by atoms with E-state index in [1.54, 1.807) is 6.20 Å². The van der Waals surface area contributed by atoms with Gasteiger partial charge in [0.25, 0.3) is 0 Å². The van der Waals surface area contributed by atoms with E-state index in [1.807, 2.05) is 106 Å². The van der Waals surface area contributed by atoms with Gasteiger partial charge in [-0.2, -0.15) is 5.26 Å². The summed E-state index contributed by atoms with van der Waals surface area (Å²) in [6, 6.07) is 28.8. The van der Waals surface area contributed by atoms with Crippen LogP contribution in [0.3, 0.4) is 0 Å². The Kier molecular flexibility index (Phi) is 9.49. The molecule has 0 unspecified atom stereocenters. The molecule has 0 atom stereocenters. The lowest BCUT2D eigenvalue weighted by molar-refractivity contribution is -0.112. The molecule has 0 fully saturated rings. The molecule has 0 radical (unpaired) electrons. The van der Waals surface area contributed by atoms with E-state index in [0.717, 1.165) is 33.5 Å². The number of pyridine rings is 1. The van der Waals surface area contributed by atoms with Crippen LogP contribution in [0.5, 0.6) is 11.5 Å². The molecule has 1 aromatic heterocycles. The summed E-state index contributed by atoms with van der Waals surface area (Å²) < 4.78 is 5.89. The van der Waals surface area contributed by atoms with Gasteiger partial charge >= 0.3 is 0 Å². The molecular weight excluding hydrogens is 512 g/mol. The lowest BCUT2D eigenvalue weighted by Gasteiger charge is -2.25. The normalized spacial score (nSPS) is 11.4. The number of carbonyl (C=O) groups is 1. The van der Waals surface area contributed by atoms with Crippen LogP contribution in [0.1, 0.15) is 27.2 Å². The summed E-state index contributed by atoms with van der Waals surface area (Å²) in [7, 11) is 0. The maximum absolute atomic E-state index is 12.7. The molecule has 0 aliphatic carbocycles. The molecule has 8 heteroatoms. The minimum atomic E-state index is -0.355. The number of nitrogens with one attached hydrogen (secondary N) is 2. The molecular formula is C33H32N6O2. The third-order valence-corrected chi connectivity index (χ3v) is 6.09. The van der Waals surface area contributed by atoms with Gasteiger partial charge in [-0.15, -0.1) is 0 Å². The third kappa shape index (κ3) is 7.82. The lowest BCUT2D eigenvalue weighted by Crippen LogP contribution is -2.29. The number of amides is 1. The zero-order valence-corrected chi connectivity index (χ0v) is 23.3. The molecule has 0 aliphatic heterocycles. The second kappa shape index (κ2) is 13.6. The average molecular weight is 545 g/mol. The number of hydrazine groups is 1. The molecule has 0 spiro atoms. The zero-order chi connectivity index (χ0) is 29.2. The fourth-order valence-electron chi connectivity index (χ4n) is 4.13. The Morgan fingerprint density at radius 1 is 0.951 bits per heavy atom. The van der Waals surface area contributed by atoms with E-state index in [0.29, 0.717) is 22.8 Å². The Bertz CT molecular complexity index is 1650. The summed E-state index contributed by atoms with van der Waals surface area (Å²) in [6.07, 6.45) is 4.65. The minimum Gasteiger partial charge on any atom is -0.457 e. The number of ether oxygens (including phenoxy) is 1. The number of aromatic nitrogens is 1. The molecule has 1 amide bonds. The van der Waals surface area contributed by atoms with Crippen LogP contribution in [-0.2, 0) is 4.79 Å². The van der Waals surface area contributed by atoms with Crippen molar-refractivity contribution >= 4 is 28.2 Å². The standard InChI is InChI=1S/C33H32N6O2/c1-23(2)33(39(35)20-18-31(40)37-27-21-25-9-7-8-12-30(25)36-22-27)32(24(3)17-19-34)38-26-13-15-29(16-14-26)41-28-10-5-4-6-11-28/h4-16,18,20-22,38H,17,35H2,1-3H3,(H,37,40)/b20-18+,32-24-. The van der Waals surface area contributed by atoms with Crippen LogP contribution in [0.15, 0.2) is 126 Å². The van der Waals surface area contributed by atoms with Gasteiger partial charge in [-0.1, -0.05) is 36.4 Å². The van der Waals surface area contributed by atoms with Gasteiger partial charge in [0.05, 0.1) is 41.3 Å². The van der Waals surface area contributed by atoms with Gasteiger partial charge in [0.15, 0.2) is 0 Å². The van der Waals surface area contributed by atoms with E-state index >= 15 is 0 Å². The first kappa shape index (κ1) is 28.6. The zero-order valence-electron chi connectivity index (χ0n) is 23.3. The van der Waals surface area contributed by atoms with Gasteiger partial charge in [0.2, 0.25) is 5.91 Å². The van der Waals surface area contributed by atoms with Crippen LogP contribution >= 0.6 is 0 Å². The van der Waals surface area contributed by atoms with Crippen molar-refractivity contribution in [2.45, 2.75) is 27.2 Å². The van der Waals surface area contributed by atoms with Crippen molar-refractivity contribution < 1.29 is 9.53 Å². The van der Waals surface area contributed by atoms with Crippen LogP contribution in [-0.4, -0.2) is 15.9 Å². The van der Waals surface area contributed by atoms with Gasteiger partial charge in [-0.25, -0.2) is 5.84 Å². The monoisotopic (exact) mass is 544 g/mol. The van der Waals surface area contributed by atoms with Crippen molar-refractivity contribution in [1.82, 2.24) is 9.99 Å². The van der Waals surface area contributed by atoms with E-state index in [1.165, 1.54) is 17.3 Å². The van der Waals surface area contributed by atoms with Crippen LogP contribution in [0.2, 0.25) is 0 Å². The van der Waals surface area contributed by atoms with Crippen molar-refractivity contribution in [2.24, 2.45) is 5.84 Å². The number of benzene rings is 3. The highest BCUT2D eigenvalue weighted by atomic mass is 16.5. The quantitative estimate of drug-likeness (QED) is 0.0833. The Morgan fingerprint density at radius 2 is 1.63 bits per heavy atom. The smallest absolute Gasteiger partial charge is 0.249 e. The summed E-state index contributed by atoms with van der Waals surface area (Å²) in [5.41, 5.74) is 5.21. The number of hydrogen-bond donors (Lipinski definition) is 3. The highest BCUT2D eigenvalue weighted by Crippen LogP contribution is 2.27. The van der Waals surface area contributed by atoms with Crippen LogP contribution < -0.4 is 21.2 Å². The number of nitrogens with zero attached hydrogens (tertiary/aromatic N) is 3. The van der Waals surface area contributed by atoms with Gasteiger partial charge < -0.3 is 15.4 Å². The summed E-state index contributed by atoms with van der Waals surface area (Å²) >= 11 is 0. The number of anilines is 2. The number of carbonyl (C=O) groups excluding carboxylic acids is 1. The van der Waals surface area contributed by atoms with Gasteiger partial charge in [-0.3, -0.25) is 14.8 Å². The van der Waals surface area contributed by atoms with Gasteiger partial charge in [0, 0.05) is 23.3 Å². The van der Waals surface area contributed by atoms with Crippen molar-refractivity contribution in [3.63, 3.8) is 0 Å². The fourth-order valence-corrected chi connectivity index (χ4v) is 4.13. The minimum absolute atomic E-state index is 0.196. The number of hydrogen-bond acceptors (Lipinski definition) is 7. The summed E-state index contributed by atoms with van der Waals surface area (Å²) in [4.78, 5) is 17.1. The largest absolute Gasteiger partial charge is 0.457 e. The van der Waals surface area contributed by atoms with E-state index < -0.39 is 0 Å². The molecule has 0 saturated heterocycles. The number of nitrogens with two attached hydrogens (primary N) is 1. The number of para-hydroxylation sites is 2. The molecule has 4 N–H and O–H groups in total. The second-order valence-electron chi connectivity index (χ2n) is 9.53. The molecule has 0 aliphatic rings. The molecule has 4 rings (SSSR count). The Morgan fingerprint density at radius 3 is 2.34 bits per heavy atom. The molecule has 1 heterocycles. The molecule has 41 heavy (non-hydrogen) atoms. The van der Waals surface area contributed by atoms with E-state index in [-0.39, 0.29) is 12.3 Å². The fraction of sp³-hybridized carbons (Fsp3) is 0.121. The highest BCUT2D eigenvalue weighted by Gasteiger charge is 2.16. The maximum Gasteiger partial charge on any atom is 0.249 e. The Hall–Kier alpha value is -5.39. The summed E-state index contributed by atoms with van der Waals surface area (Å²) in [5.74, 6) is 7.54. The summed E-state index contributed by atoms with van der Waals surface area (Å²) in [5, 5.41) is 17.9. The second-order valence-corrected chi connectivity index (χ2v) is 9.53. The van der Waals surface area contributed by atoms with Crippen LogP contribution in [0, 0.1) is 11.3 Å². The molecule has 4 aromatic rings. The van der Waals surface area contributed by atoms with Gasteiger partial charge in [0.1, 0.15) is 11.5 Å². The molecule has 3 aromatic carbocycles. The lowest BCUT2D eigenvalue weighted by atomic mass is 10.1. The Balaban J connectivity index is 1.50. The highest BCUT2D eigenvalue weighted by molar-refractivity contribution is 6.00. The average Bonchev–Trinajstić information content (AvgIpc) is 2.97. The Labute approximate surface area is 240 Å². The molecule has 206 valence electrons. The van der Waals surface area contributed by atoms with Crippen molar-refractivity contribution in [2.75, 3.05) is 10.6 Å². The van der Waals surface area contributed by atoms with Crippen molar-refractivity contribution in [3.8, 4) is 17.6 Å². The van der Waals surface area contributed by atoms with Gasteiger partial charge in [-0.05, 0) is 80.4 Å². The van der Waals surface area contributed by atoms with E-state index in [9.17, 15) is 10.1 Å². The first-order chi connectivity index (χ1) is 19.8. The van der Waals surface area contributed by atoms with Crippen LogP contribution in [0.4, 0.5) is 11.4 Å². The van der Waals surface area contributed by atoms with Crippen molar-refractivity contribution in [3.05, 3.63) is 126 Å². The number of rotatable bonds is 10. The maximum atomic E-state index is 12.7. The van der Waals surface area contributed by atoms with E-state index in [2.05, 4.69) is 21.7 Å². The summed E-state index contributed by atoms with van der Waals surface area (Å²) in [6.45, 7) is 5.71. The predicted molar refractivity (Wildman–Crippen MR) is 163 cm³/mol. The molecule has 0 saturated carbocycles. The van der Waals surface area contributed by atoms with E-state index in [4.69, 9.17) is 10.6 Å².